The number of benzene rings is 1. The lowest BCUT2D eigenvalue weighted by atomic mass is 9.98. The van der Waals surface area contributed by atoms with Crippen LogP contribution < -0.4 is 10.6 Å². The van der Waals surface area contributed by atoms with Crippen molar-refractivity contribution in [3.8, 4) is 0 Å². The predicted octanol–water partition coefficient (Wildman–Crippen LogP) is 2.49. The third-order valence-corrected chi connectivity index (χ3v) is 5.53. The van der Waals surface area contributed by atoms with E-state index < -0.39 is 11.8 Å². The van der Waals surface area contributed by atoms with Gasteiger partial charge in [-0.3, -0.25) is 14.5 Å². The third-order valence-electron chi connectivity index (χ3n) is 4.55. The van der Waals surface area contributed by atoms with Gasteiger partial charge in [-0.15, -0.1) is 11.3 Å². The van der Waals surface area contributed by atoms with Crippen LogP contribution in [0.1, 0.15) is 35.9 Å². The van der Waals surface area contributed by atoms with Crippen molar-refractivity contribution in [3.05, 3.63) is 57.8 Å². The molecule has 2 heterocycles. The van der Waals surface area contributed by atoms with Crippen molar-refractivity contribution < 1.29 is 9.59 Å². The summed E-state index contributed by atoms with van der Waals surface area (Å²) in [7, 11) is 0. The molecule has 1 aliphatic rings. The molecule has 0 spiro atoms. The van der Waals surface area contributed by atoms with E-state index in [1.165, 1.54) is 16.0 Å². The second kappa shape index (κ2) is 8.47. The Labute approximate surface area is 158 Å². The first-order chi connectivity index (χ1) is 12.5. The molecule has 0 bridgehead atoms. The van der Waals surface area contributed by atoms with Gasteiger partial charge in [-0.1, -0.05) is 30.3 Å². The van der Waals surface area contributed by atoms with Gasteiger partial charge in [0, 0.05) is 30.6 Å². The van der Waals surface area contributed by atoms with Gasteiger partial charge in [0.05, 0.1) is 6.04 Å². The summed E-state index contributed by atoms with van der Waals surface area (Å²) in [5.74, 6) is -1.15. The highest BCUT2D eigenvalue weighted by Crippen LogP contribution is 2.29. The highest BCUT2D eigenvalue weighted by atomic mass is 32.1. The van der Waals surface area contributed by atoms with Crippen LogP contribution >= 0.6 is 11.3 Å². The summed E-state index contributed by atoms with van der Waals surface area (Å²) in [4.78, 5) is 27.5. The average molecular weight is 372 g/mol. The normalized spacial score (nSPS) is 15.3. The molecule has 2 N–H and O–H groups in total. The average Bonchev–Trinajstić information content (AvgIpc) is 3.15. The molecular formula is C20H25N3O2S. The van der Waals surface area contributed by atoms with Gasteiger partial charge < -0.3 is 10.6 Å². The number of carbonyl (C=O) groups excluding carboxylic acids is 2. The summed E-state index contributed by atoms with van der Waals surface area (Å²) in [5, 5.41) is 7.49. The number of rotatable bonds is 5. The number of nitrogens with zero attached hydrogens (tertiary/aromatic N) is 1. The molecule has 1 aromatic heterocycles. The van der Waals surface area contributed by atoms with Crippen LogP contribution in [0.3, 0.4) is 0 Å². The standard InChI is InChI=1S/C20H25N3O2S/c1-14(2)22-20(25)19(24)21-12-17(18-8-5-11-26-18)23-10-9-15-6-3-4-7-16(15)13-23/h3-8,11,14,17H,9-10,12-13H2,1-2H3,(H,21,24)(H,22,25). The maximum absolute atomic E-state index is 12.1. The largest absolute Gasteiger partial charge is 0.346 e. The van der Waals surface area contributed by atoms with Gasteiger partial charge in [0.1, 0.15) is 0 Å². The molecule has 0 saturated carbocycles. The minimum absolute atomic E-state index is 0.0556. The summed E-state index contributed by atoms with van der Waals surface area (Å²) in [5.41, 5.74) is 2.73. The quantitative estimate of drug-likeness (QED) is 0.794. The Balaban J connectivity index is 1.69. The van der Waals surface area contributed by atoms with Crippen molar-refractivity contribution in [2.45, 2.75) is 38.9 Å². The maximum Gasteiger partial charge on any atom is 0.309 e. The Morgan fingerprint density at radius 3 is 2.58 bits per heavy atom. The minimum Gasteiger partial charge on any atom is -0.346 e. The zero-order valence-corrected chi connectivity index (χ0v) is 16.0. The van der Waals surface area contributed by atoms with Gasteiger partial charge in [-0.05, 0) is 42.8 Å². The van der Waals surface area contributed by atoms with Crippen molar-refractivity contribution >= 4 is 23.2 Å². The van der Waals surface area contributed by atoms with Crippen LogP contribution in [0.15, 0.2) is 41.8 Å². The van der Waals surface area contributed by atoms with Crippen molar-refractivity contribution in [1.82, 2.24) is 15.5 Å². The minimum atomic E-state index is -0.575. The molecule has 6 heteroatoms. The lowest BCUT2D eigenvalue weighted by Gasteiger charge is -2.35. The summed E-state index contributed by atoms with van der Waals surface area (Å²) in [6, 6.07) is 12.6. The first-order valence-electron chi connectivity index (χ1n) is 8.97. The van der Waals surface area contributed by atoms with Gasteiger partial charge in [0.15, 0.2) is 0 Å². The third kappa shape index (κ3) is 4.51. The van der Waals surface area contributed by atoms with E-state index >= 15 is 0 Å². The molecule has 138 valence electrons. The summed E-state index contributed by atoms with van der Waals surface area (Å²) in [6.07, 6.45) is 1.000. The zero-order valence-electron chi connectivity index (χ0n) is 15.2. The molecule has 1 unspecified atom stereocenters. The molecule has 2 aromatic rings. The second-order valence-corrected chi connectivity index (χ2v) is 7.84. The smallest absolute Gasteiger partial charge is 0.309 e. The van der Waals surface area contributed by atoms with Gasteiger partial charge in [0.2, 0.25) is 0 Å². The van der Waals surface area contributed by atoms with E-state index in [-0.39, 0.29) is 12.1 Å². The summed E-state index contributed by atoms with van der Waals surface area (Å²) < 4.78 is 0. The van der Waals surface area contributed by atoms with Gasteiger partial charge in [-0.25, -0.2) is 0 Å². The van der Waals surface area contributed by atoms with Crippen LogP contribution in [0.5, 0.6) is 0 Å². The number of carbonyl (C=O) groups is 2. The Morgan fingerprint density at radius 1 is 1.12 bits per heavy atom. The predicted molar refractivity (Wildman–Crippen MR) is 104 cm³/mol. The number of hydrogen-bond donors (Lipinski definition) is 2. The number of fused-ring (bicyclic) bond motifs is 1. The Bertz CT molecular complexity index is 758. The fraction of sp³-hybridized carbons (Fsp3) is 0.400. The van der Waals surface area contributed by atoms with Crippen LogP contribution in [-0.2, 0) is 22.6 Å². The van der Waals surface area contributed by atoms with E-state index in [1.807, 2.05) is 25.3 Å². The molecule has 1 atom stereocenters. The second-order valence-electron chi connectivity index (χ2n) is 6.86. The van der Waals surface area contributed by atoms with Crippen LogP contribution in [-0.4, -0.2) is 35.8 Å². The van der Waals surface area contributed by atoms with Crippen molar-refractivity contribution in [1.29, 1.82) is 0 Å². The van der Waals surface area contributed by atoms with Crippen LogP contribution in [0.25, 0.3) is 0 Å². The topological polar surface area (TPSA) is 61.4 Å². The summed E-state index contributed by atoms with van der Waals surface area (Å²) >= 11 is 1.68. The fourth-order valence-electron chi connectivity index (χ4n) is 3.27. The molecule has 1 aromatic carbocycles. The Morgan fingerprint density at radius 2 is 1.88 bits per heavy atom. The molecule has 0 radical (unpaired) electrons. The Hall–Kier alpha value is -2.18. The van der Waals surface area contributed by atoms with E-state index in [0.717, 1.165) is 19.5 Å². The lowest BCUT2D eigenvalue weighted by molar-refractivity contribution is -0.139. The Kier molecular flexibility index (Phi) is 6.06. The fourth-order valence-corrected chi connectivity index (χ4v) is 4.13. The van der Waals surface area contributed by atoms with Crippen LogP contribution in [0.2, 0.25) is 0 Å². The molecule has 2 amide bonds. The molecule has 0 fully saturated rings. The van der Waals surface area contributed by atoms with E-state index in [4.69, 9.17) is 0 Å². The maximum atomic E-state index is 12.1. The molecular weight excluding hydrogens is 346 g/mol. The SMILES string of the molecule is CC(C)NC(=O)C(=O)NCC(c1cccs1)N1CCc2ccccc2C1. The number of nitrogens with one attached hydrogen (secondary N) is 2. The van der Waals surface area contributed by atoms with Crippen molar-refractivity contribution in [2.24, 2.45) is 0 Å². The van der Waals surface area contributed by atoms with Gasteiger partial charge >= 0.3 is 11.8 Å². The van der Waals surface area contributed by atoms with E-state index in [9.17, 15) is 9.59 Å². The van der Waals surface area contributed by atoms with Crippen molar-refractivity contribution in [3.63, 3.8) is 0 Å². The monoisotopic (exact) mass is 371 g/mol. The highest BCUT2D eigenvalue weighted by Gasteiger charge is 2.26. The molecule has 1 aliphatic heterocycles. The van der Waals surface area contributed by atoms with Gasteiger partial charge in [-0.2, -0.15) is 0 Å². The molecule has 26 heavy (non-hydrogen) atoms. The molecule has 0 saturated heterocycles. The van der Waals surface area contributed by atoms with E-state index in [0.29, 0.717) is 6.54 Å². The highest BCUT2D eigenvalue weighted by molar-refractivity contribution is 7.10. The lowest BCUT2D eigenvalue weighted by Crippen LogP contribution is -2.46. The van der Waals surface area contributed by atoms with E-state index in [2.05, 4.69) is 45.9 Å². The van der Waals surface area contributed by atoms with Crippen LogP contribution in [0, 0.1) is 0 Å². The molecule has 0 aliphatic carbocycles. The molecule has 3 rings (SSSR count). The summed E-state index contributed by atoms with van der Waals surface area (Å²) in [6.45, 7) is 5.89. The van der Waals surface area contributed by atoms with Gasteiger partial charge in [0.25, 0.3) is 0 Å². The number of thiophene rings is 1. The number of amides is 2. The molecule has 5 nitrogen and oxygen atoms in total. The number of hydrogen-bond acceptors (Lipinski definition) is 4. The first kappa shape index (κ1) is 18.6. The van der Waals surface area contributed by atoms with Crippen molar-refractivity contribution in [2.75, 3.05) is 13.1 Å². The first-order valence-corrected chi connectivity index (χ1v) is 9.85. The van der Waals surface area contributed by atoms with E-state index in [1.54, 1.807) is 11.3 Å². The van der Waals surface area contributed by atoms with Crippen LogP contribution in [0.4, 0.5) is 0 Å². The zero-order chi connectivity index (χ0) is 18.5.